The summed E-state index contributed by atoms with van der Waals surface area (Å²) < 4.78 is 36.0. The number of amides is 2. The number of aromatic nitrogens is 1. The number of anilines is 1. The van der Waals surface area contributed by atoms with Crippen LogP contribution in [-0.4, -0.2) is 40.7 Å². The summed E-state index contributed by atoms with van der Waals surface area (Å²) in [5, 5.41) is 14.2. The fourth-order valence-corrected chi connectivity index (χ4v) is 1.73. The van der Waals surface area contributed by atoms with Crippen molar-refractivity contribution in [3.05, 3.63) is 11.1 Å². The molecule has 1 heterocycles. The fraction of sp³-hybridized carbons (Fsp3) is 0.444. The SMILES string of the molecule is Cc1csc(NC(=O)C(CO)NC(=O)C(F)(F)F)n1. The second kappa shape index (κ2) is 5.97. The smallest absolute Gasteiger partial charge is 0.394 e. The number of hydrogen-bond acceptors (Lipinski definition) is 5. The van der Waals surface area contributed by atoms with Crippen molar-refractivity contribution in [1.29, 1.82) is 0 Å². The summed E-state index contributed by atoms with van der Waals surface area (Å²) in [5.74, 6) is -3.27. The largest absolute Gasteiger partial charge is 0.471 e. The molecule has 1 rings (SSSR count). The van der Waals surface area contributed by atoms with Crippen LogP contribution in [0.5, 0.6) is 0 Å². The maximum Gasteiger partial charge on any atom is 0.471 e. The molecule has 1 unspecified atom stereocenters. The summed E-state index contributed by atoms with van der Waals surface area (Å²) in [7, 11) is 0. The van der Waals surface area contributed by atoms with Gasteiger partial charge in [-0.2, -0.15) is 13.2 Å². The zero-order valence-corrected chi connectivity index (χ0v) is 10.4. The lowest BCUT2D eigenvalue weighted by atomic mass is 10.3. The summed E-state index contributed by atoms with van der Waals surface area (Å²) in [6.07, 6.45) is -5.12. The monoisotopic (exact) mass is 297 g/mol. The first kappa shape index (κ1) is 15.4. The molecule has 0 saturated heterocycles. The molecule has 0 aromatic carbocycles. The third-order valence-electron chi connectivity index (χ3n) is 1.91. The highest BCUT2D eigenvalue weighted by Crippen LogP contribution is 2.16. The molecular formula is C9H10F3N3O3S. The van der Waals surface area contributed by atoms with Crippen LogP contribution in [0.2, 0.25) is 0 Å². The number of rotatable bonds is 4. The van der Waals surface area contributed by atoms with Gasteiger partial charge in [-0.05, 0) is 6.92 Å². The van der Waals surface area contributed by atoms with E-state index >= 15 is 0 Å². The number of nitrogens with one attached hydrogen (secondary N) is 2. The van der Waals surface area contributed by atoms with Crippen LogP contribution in [-0.2, 0) is 9.59 Å². The van der Waals surface area contributed by atoms with Crippen LogP contribution in [0.4, 0.5) is 18.3 Å². The minimum atomic E-state index is -5.12. The van der Waals surface area contributed by atoms with Crippen molar-refractivity contribution in [2.24, 2.45) is 0 Å². The summed E-state index contributed by atoms with van der Waals surface area (Å²) in [6, 6.07) is -1.70. The van der Waals surface area contributed by atoms with Crippen molar-refractivity contribution in [2.75, 3.05) is 11.9 Å². The first-order chi connectivity index (χ1) is 8.74. The number of carbonyl (C=O) groups is 2. The van der Waals surface area contributed by atoms with Gasteiger partial charge < -0.3 is 15.7 Å². The van der Waals surface area contributed by atoms with Crippen molar-refractivity contribution in [1.82, 2.24) is 10.3 Å². The van der Waals surface area contributed by atoms with Gasteiger partial charge in [-0.3, -0.25) is 9.59 Å². The van der Waals surface area contributed by atoms with Gasteiger partial charge in [0.25, 0.3) is 5.91 Å². The Morgan fingerprint density at radius 1 is 1.53 bits per heavy atom. The first-order valence-electron chi connectivity index (χ1n) is 4.95. The van der Waals surface area contributed by atoms with Gasteiger partial charge >= 0.3 is 12.1 Å². The molecule has 1 atom stereocenters. The number of carbonyl (C=O) groups excluding carboxylic acids is 2. The van der Waals surface area contributed by atoms with E-state index in [0.717, 1.165) is 11.3 Å². The lowest BCUT2D eigenvalue weighted by Crippen LogP contribution is -2.50. The van der Waals surface area contributed by atoms with Gasteiger partial charge in [0.1, 0.15) is 6.04 Å². The number of nitrogens with zero attached hydrogens (tertiary/aromatic N) is 1. The molecule has 0 spiro atoms. The Morgan fingerprint density at radius 2 is 2.16 bits per heavy atom. The maximum absolute atomic E-state index is 12.0. The van der Waals surface area contributed by atoms with Crippen LogP contribution >= 0.6 is 11.3 Å². The van der Waals surface area contributed by atoms with Crippen LogP contribution in [0.15, 0.2) is 5.38 Å². The molecule has 0 bridgehead atoms. The molecule has 6 nitrogen and oxygen atoms in total. The second-order valence-electron chi connectivity index (χ2n) is 3.49. The first-order valence-corrected chi connectivity index (χ1v) is 5.83. The number of halogens is 3. The lowest BCUT2D eigenvalue weighted by molar-refractivity contribution is -0.174. The van der Waals surface area contributed by atoms with E-state index in [0.29, 0.717) is 5.69 Å². The standard InChI is InChI=1S/C9H10F3N3O3S/c1-4-3-19-8(13-4)15-6(17)5(2-16)14-7(18)9(10,11)12/h3,5,16H,2H2,1H3,(H,14,18)(H,13,15,17). The second-order valence-corrected chi connectivity index (χ2v) is 4.35. The normalized spacial score (nSPS) is 12.9. The Bertz CT molecular complexity index is 475. The average Bonchev–Trinajstić information content (AvgIpc) is 2.69. The highest BCUT2D eigenvalue weighted by Gasteiger charge is 2.40. The zero-order chi connectivity index (χ0) is 14.6. The van der Waals surface area contributed by atoms with Gasteiger partial charge in [0.2, 0.25) is 0 Å². The van der Waals surface area contributed by atoms with E-state index in [9.17, 15) is 22.8 Å². The van der Waals surface area contributed by atoms with E-state index in [4.69, 9.17) is 5.11 Å². The summed E-state index contributed by atoms with van der Waals surface area (Å²) in [5.41, 5.74) is 0.625. The van der Waals surface area contributed by atoms with Gasteiger partial charge in [0, 0.05) is 5.38 Å². The van der Waals surface area contributed by atoms with Crippen molar-refractivity contribution in [2.45, 2.75) is 19.1 Å². The molecule has 0 aliphatic carbocycles. The van der Waals surface area contributed by atoms with Crippen LogP contribution in [0.1, 0.15) is 5.69 Å². The van der Waals surface area contributed by atoms with E-state index in [2.05, 4.69) is 10.3 Å². The predicted octanol–water partition coefficient (Wildman–Crippen LogP) is 0.429. The molecule has 10 heteroatoms. The molecule has 19 heavy (non-hydrogen) atoms. The van der Waals surface area contributed by atoms with Crippen LogP contribution in [0.25, 0.3) is 0 Å². The third kappa shape index (κ3) is 4.48. The highest BCUT2D eigenvalue weighted by molar-refractivity contribution is 7.13. The van der Waals surface area contributed by atoms with E-state index < -0.39 is 30.6 Å². The molecular weight excluding hydrogens is 287 g/mol. The van der Waals surface area contributed by atoms with Gasteiger partial charge in [0.05, 0.1) is 12.3 Å². The van der Waals surface area contributed by atoms with E-state index in [1.807, 2.05) is 0 Å². The molecule has 1 aromatic rings. The zero-order valence-electron chi connectivity index (χ0n) is 9.61. The third-order valence-corrected chi connectivity index (χ3v) is 2.79. The van der Waals surface area contributed by atoms with Crippen molar-refractivity contribution >= 4 is 28.3 Å². The van der Waals surface area contributed by atoms with Gasteiger partial charge in [-0.25, -0.2) is 4.98 Å². The molecule has 0 fully saturated rings. The van der Waals surface area contributed by atoms with E-state index in [1.54, 1.807) is 12.3 Å². The Kier molecular flexibility index (Phi) is 4.84. The molecule has 0 radical (unpaired) electrons. The number of thiazole rings is 1. The Hall–Kier alpha value is -1.68. The molecule has 3 N–H and O–H groups in total. The Labute approximate surface area is 109 Å². The Morgan fingerprint density at radius 3 is 2.58 bits per heavy atom. The van der Waals surface area contributed by atoms with Crippen molar-refractivity contribution in [3.63, 3.8) is 0 Å². The maximum atomic E-state index is 12.0. The number of hydrogen-bond donors (Lipinski definition) is 3. The summed E-state index contributed by atoms with van der Waals surface area (Å²) in [4.78, 5) is 26.0. The van der Waals surface area contributed by atoms with Crippen LogP contribution in [0, 0.1) is 6.92 Å². The van der Waals surface area contributed by atoms with Crippen LogP contribution < -0.4 is 10.6 Å². The minimum Gasteiger partial charge on any atom is -0.394 e. The van der Waals surface area contributed by atoms with Gasteiger partial charge in [0.15, 0.2) is 5.13 Å². The van der Waals surface area contributed by atoms with Gasteiger partial charge in [-0.15, -0.1) is 11.3 Å². The van der Waals surface area contributed by atoms with Crippen molar-refractivity contribution < 1.29 is 27.9 Å². The quantitative estimate of drug-likeness (QED) is 0.751. The summed E-state index contributed by atoms with van der Waals surface area (Å²) in [6.45, 7) is 0.707. The fourth-order valence-electron chi connectivity index (χ4n) is 1.04. The molecule has 0 saturated carbocycles. The molecule has 0 aliphatic rings. The molecule has 1 aromatic heterocycles. The Balaban J connectivity index is 2.64. The molecule has 106 valence electrons. The van der Waals surface area contributed by atoms with Crippen molar-refractivity contribution in [3.8, 4) is 0 Å². The lowest BCUT2D eigenvalue weighted by Gasteiger charge is -2.16. The van der Waals surface area contributed by atoms with Gasteiger partial charge in [-0.1, -0.05) is 0 Å². The average molecular weight is 297 g/mol. The topological polar surface area (TPSA) is 91.3 Å². The predicted molar refractivity (Wildman–Crippen MR) is 60.6 cm³/mol. The van der Waals surface area contributed by atoms with E-state index in [-0.39, 0.29) is 5.13 Å². The summed E-state index contributed by atoms with van der Waals surface area (Å²) >= 11 is 1.07. The highest BCUT2D eigenvalue weighted by atomic mass is 32.1. The molecule has 2 amide bonds. The number of alkyl halides is 3. The molecule has 0 aliphatic heterocycles. The minimum absolute atomic E-state index is 0.169. The van der Waals surface area contributed by atoms with E-state index in [1.165, 1.54) is 5.32 Å². The number of aryl methyl sites for hydroxylation is 1. The number of aliphatic hydroxyl groups is 1. The number of aliphatic hydroxyl groups excluding tert-OH is 1. The van der Waals surface area contributed by atoms with Crippen LogP contribution in [0.3, 0.4) is 0 Å².